The predicted molar refractivity (Wildman–Crippen MR) is 136 cm³/mol. The Balaban J connectivity index is 1.34. The summed E-state index contributed by atoms with van der Waals surface area (Å²) in [5.41, 5.74) is 8.58. The lowest BCUT2D eigenvalue weighted by atomic mass is 9.90. The third-order valence-electron chi connectivity index (χ3n) is 6.89. The number of hydrogen-bond acceptors (Lipinski definition) is 4. The topological polar surface area (TPSA) is 110 Å². The van der Waals surface area contributed by atoms with Crippen molar-refractivity contribution in [3.8, 4) is 11.5 Å². The number of amides is 3. The molecule has 2 heterocycles. The molecule has 1 aliphatic heterocycles. The third kappa shape index (κ3) is 6.07. The number of hydrogen-bond donors (Lipinski definition) is 3. The Labute approximate surface area is 205 Å². The van der Waals surface area contributed by atoms with Crippen LogP contribution in [-0.4, -0.2) is 55.2 Å². The van der Waals surface area contributed by atoms with E-state index in [2.05, 4.69) is 10.3 Å². The Morgan fingerprint density at radius 1 is 1.11 bits per heavy atom. The average molecular weight is 479 g/mol. The molecule has 1 saturated heterocycles. The molecule has 8 nitrogen and oxygen atoms in total. The van der Waals surface area contributed by atoms with Crippen molar-refractivity contribution >= 4 is 22.8 Å². The van der Waals surface area contributed by atoms with Crippen molar-refractivity contribution in [2.75, 3.05) is 27.3 Å². The van der Waals surface area contributed by atoms with E-state index in [4.69, 9.17) is 15.2 Å². The molecule has 1 atom stereocenters. The number of nitrogens with zero attached hydrogens (tertiary/aromatic N) is 1. The first-order chi connectivity index (χ1) is 17.0. The van der Waals surface area contributed by atoms with Gasteiger partial charge in [-0.3, -0.25) is 4.79 Å². The van der Waals surface area contributed by atoms with Crippen molar-refractivity contribution in [1.29, 1.82) is 0 Å². The number of H-pyrrole nitrogens is 1. The minimum atomic E-state index is -0.688. The van der Waals surface area contributed by atoms with Crippen molar-refractivity contribution in [1.82, 2.24) is 15.2 Å². The number of primary amides is 1. The maximum Gasteiger partial charge on any atom is 0.312 e. The number of para-hydroxylation sites is 1. The number of piperidine rings is 1. The fraction of sp³-hybridized carbons (Fsp3) is 0.407. The molecule has 1 aliphatic rings. The fourth-order valence-corrected chi connectivity index (χ4v) is 4.94. The summed E-state index contributed by atoms with van der Waals surface area (Å²) in [7, 11) is 3.31. The number of nitrogens with one attached hydrogen (secondary N) is 2. The molecule has 0 saturated carbocycles. The fourth-order valence-electron chi connectivity index (χ4n) is 4.94. The van der Waals surface area contributed by atoms with Crippen LogP contribution in [0.1, 0.15) is 30.4 Å². The number of rotatable bonds is 9. The first kappa shape index (κ1) is 24.4. The summed E-state index contributed by atoms with van der Waals surface area (Å²) in [5.74, 6) is 2.04. The second kappa shape index (κ2) is 11.2. The average Bonchev–Trinajstić information content (AvgIpc) is 3.29. The SMILES string of the molecule is COc1cc(CCC2CCN(C(=O)C(Cc3c[nH]c4ccccc34)NC(N)=O)CC2)cc(OC)c1. The van der Waals surface area contributed by atoms with Crippen LogP contribution in [0.3, 0.4) is 0 Å². The predicted octanol–water partition coefficient (Wildman–Crippen LogP) is 3.64. The number of aromatic amines is 1. The molecule has 0 bridgehead atoms. The van der Waals surface area contributed by atoms with E-state index < -0.39 is 12.1 Å². The van der Waals surface area contributed by atoms with Crippen LogP contribution in [0.15, 0.2) is 48.7 Å². The molecular weight excluding hydrogens is 444 g/mol. The van der Waals surface area contributed by atoms with E-state index >= 15 is 0 Å². The van der Waals surface area contributed by atoms with E-state index in [-0.39, 0.29) is 5.91 Å². The largest absolute Gasteiger partial charge is 0.497 e. The smallest absolute Gasteiger partial charge is 0.312 e. The molecule has 2 aromatic carbocycles. The number of aryl methyl sites for hydroxylation is 1. The standard InChI is InChI=1S/C27H34N4O4/c1-34-21-13-19(14-22(16-21)35-2)8-7-18-9-11-31(12-10-18)26(32)25(30-27(28)33)15-20-17-29-24-6-4-3-5-23(20)24/h3-6,13-14,16-18,25,29H,7-12,15H2,1-2H3,(H3,28,30,33). The molecule has 186 valence electrons. The van der Waals surface area contributed by atoms with Crippen LogP contribution in [0.4, 0.5) is 4.79 Å². The summed E-state index contributed by atoms with van der Waals surface area (Å²) in [4.78, 5) is 30.1. The second-order valence-electron chi connectivity index (χ2n) is 9.15. The molecule has 4 rings (SSSR count). The lowest BCUT2D eigenvalue weighted by Crippen LogP contribution is -2.52. The van der Waals surface area contributed by atoms with Gasteiger partial charge in [-0.05, 0) is 60.9 Å². The summed E-state index contributed by atoms with van der Waals surface area (Å²) in [5, 5.41) is 3.72. The Bertz CT molecular complexity index is 1140. The van der Waals surface area contributed by atoms with Gasteiger partial charge in [0.05, 0.1) is 14.2 Å². The van der Waals surface area contributed by atoms with Gasteiger partial charge in [0.15, 0.2) is 0 Å². The van der Waals surface area contributed by atoms with Crippen LogP contribution in [0.5, 0.6) is 11.5 Å². The second-order valence-corrected chi connectivity index (χ2v) is 9.15. The van der Waals surface area contributed by atoms with Crippen LogP contribution in [0.2, 0.25) is 0 Å². The van der Waals surface area contributed by atoms with Gasteiger partial charge in [-0.2, -0.15) is 0 Å². The van der Waals surface area contributed by atoms with Gasteiger partial charge in [-0.25, -0.2) is 4.79 Å². The zero-order chi connectivity index (χ0) is 24.8. The van der Waals surface area contributed by atoms with Crippen LogP contribution >= 0.6 is 0 Å². The van der Waals surface area contributed by atoms with Gasteiger partial charge in [0.25, 0.3) is 0 Å². The summed E-state index contributed by atoms with van der Waals surface area (Å²) in [6, 6.07) is 12.5. The number of carbonyl (C=O) groups excluding carboxylic acids is 2. The highest BCUT2D eigenvalue weighted by Gasteiger charge is 2.29. The van der Waals surface area contributed by atoms with Gasteiger partial charge in [0, 0.05) is 42.7 Å². The molecular formula is C27H34N4O4. The molecule has 0 spiro atoms. The monoisotopic (exact) mass is 478 g/mol. The number of urea groups is 1. The highest BCUT2D eigenvalue weighted by Crippen LogP contribution is 2.27. The number of carbonyl (C=O) groups is 2. The summed E-state index contributed by atoms with van der Waals surface area (Å²) in [6.45, 7) is 1.35. The molecule has 3 aromatic rings. The van der Waals surface area contributed by atoms with Gasteiger partial charge in [0.1, 0.15) is 17.5 Å². The molecule has 0 radical (unpaired) electrons. The number of aromatic nitrogens is 1. The molecule has 4 N–H and O–H groups in total. The Morgan fingerprint density at radius 3 is 2.46 bits per heavy atom. The van der Waals surface area contributed by atoms with Crippen molar-refractivity contribution in [3.05, 3.63) is 59.8 Å². The number of likely N-dealkylation sites (tertiary alicyclic amines) is 1. The van der Waals surface area contributed by atoms with Crippen LogP contribution in [0.25, 0.3) is 10.9 Å². The van der Waals surface area contributed by atoms with Gasteiger partial charge in [-0.15, -0.1) is 0 Å². The van der Waals surface area contributed by atoms with Gasteiger partial charge < -0.3 is 30.4 Å². The van der Waals surface area contributed by atoms with E-state index in [1.807, 2.05) is 53.6 Å². The molecule has 1 aromatic heterocycles. The quantitative estimate of drug-likeness (QED) is 0.436. The van der Waals surface area contributed by atoms with Crippen molar-refractivity contribution < 1.29 is 19.1 Å². The summed E-state index contributed by atoms with van der Waals surface area (Å²) >= 11 is 0. The highest BCUT2D eigenvalue weighted by atomic mass is 16.5. The molecule has 3 amide bonds. The van der Waals surface area contributed by atoms with E-state index in [0.29, 0.717) is 25.4 Å². The molecule has 0 aliphatic carbocycles. The molecule has 35 heavy (non-hydrogen) atoms. The van der Waals surface area contributed by atoms with Crippen LogP contribution in [-0.2, 0) is 17.6 Å². The van der Waals surface area contributed by atoms with Gasteiger partial charge in [0.2, 0.25) is 5.91 Å². The van der Waals surface area contributed by atoms with Gasteiger partial charge >= 0.3 is 6.03 Å². The molecule has 1 fully saturated rings. The highest BCUT2D eigenvalue weighted by molar-refractivity contribution is 5.89. The number of ether oxygens (including phenoxy) is 2. The van der Waals surface area contributed by atoms with Gasteiger partial charge in [-0.1, -0.05) is 18.2 Å². The van der Waals surface area contributed by atoms with Crippen LogP contribution in [0, 0.1) is 5.92 Å². The number of nitrogens with two attached hydrogens (primary N) is 1. The van der Waals surface area contributed by atoms with E-state index in [0.717, 1.165) is 53.6 Å². The van der Waals surface area contributed by atoms with Crippen molar-refractivity contribution in [2.24, 2.45) is 11.7 Å². The normalized spacial score (nSPS) is 15.1. The lowest BCUT2D eigenvalue weighted by molar-refractivity contribution is -0.134. The Kier molecular flexibility index (Phi) is 7.80. The number of benzene rings is 2. The molecule has 8 heteroatoms. The summed E-state index contributed by atoms with van der Waals surface area (Å²) < 4.78 is 10.8. The first-order valence-corrected chi connectivity index (χ1v) is 12.1. The maximum atomic E-state index is 13.3. The number of methoxy groups -OCH3 is 2. The maximum absolute atomic E-state index is 13.3. The zero-order valence-electron chi connectivity index (χ0n) is 20.4. The minimum Gasteiger partial charge on any atom is -0.497 e. The lowest BCUT2D eigenvalue weighted by Gasteiger charge is -2.34. The Morgan fingerprint density at radius 2 is 1.80 bits per heavy atom. The molecule has 1 unspecified atom stereocenters. The van der Waals surface area contributed by atoms with Crippen molar-refractivity contribution in [3.63, 3.8) is 0 Å². The zero-order valence-corrected chi connectivity index (χ0v) is 20.4. The van der Waals surface area contributed by atoms with Crippen LogP contribution < -0.4 is 20.5 Å². The van der Waals surface area contributed by atoms with E-state index in [1.54, 1.807) is 14.2 Å². The third-order valence-corrected chi connectivity index (χ3v) is 6.89. The number of fused-ring (bicyclic) bond motifs is 1. The first-order valence-electron chi connectivity index (χ1n) is 12.1. The summed E-state index contributed by atoms with van der Waals surface area (Å²) in [6.07, 6.45) is 6.12. The Hall–Kier alpha value is -3.68. The van der Waals surface area contributed by atoms with E-state index in [1.165, 1.54) is 5.56 Å². The van der Waals surface area contributed by atoms with E-state index in [9.17, 15) is 9.59 Å². The van der Waals surface area contributed by atoms with Crippen molar-refractivity contribution in [2.45, 2.75) is 38.1 Å². The minimum absolute atomic E-state index is 0.0786.